The Morgan fingerprint density at radius 2 is 1.76 bits per heavy atom. The van der Waals surface area contributed by atoms with Crippen LogP contribution < -0.4 is 0 Å². The third-order valence-electron chi connectivity index (χ3n) is 5.96. The van der Waals surface area contributed by atoms with Gasteiger partial charge in [0.05, 0.1) is 5.69 Å². The molecule has 1 aromatic heterocycles. The van der Waals surface area contributed by atoms with Gasteiger partial charge in [-0.2, -0.15) is 0 Å². The van der Waals surface area contributed by atoms with Crippen molar-refractivity contribution in [3.05, 3.63) is 89.9 Å². The molecule has 3 aromatic rings. The molecule has 6 nitrogen and oxygen atoms in total. The zero-order valence-electron chi connectivity index (χ0n) is 19.1. The second kappa shape index (κ2) is 9.64. The molecule has 1 aliphatic heterocycles. The van der Waals surface area contributed by atoms with Crippen LogP contribution in [-0.2, 0) is 14.8 Å². The van der Waals surface area contributed by atoms with E-state index in [9.17, 15) is 17.9 Å². The SMILES string of the molecule is CC1(C)OC(C[C@@H](CCO)c2ccccc2F)=NS(=O)(=O)C1c1ccc(-c2ccccn2)cc1. The minimum Gasteiger partial charge on any atom is -0.472 e. The Hall–Kier alpha value is -3.10. The molecule has 2 atom stereocenters. The second-order valence-electron chi connectivity index (χ2n) is 8.86. The topological polar surface area (TPSA) is 88.9 Å². The summed E-state index contributed by atoms with van der Waals surface area (Å²) in [4.78, 5) is 4.32. The van der Waals surface area contributed by atoms with Crippen molar-refractivity contribution in [3.63, 3.8) is 0 Å². The minimum atomic E-state index is -3.97. The Morgan fingerprint density at radius 3 is 2.38 bits per heavy atom. The van der Waals surface area contributed by atoms with Crippen LogP contribution in [0.15, 0.2) is 77.3 Å². The number of benzene rings is 2. The van der Waals surface area contributed by atoms with E-state index < -0.39 is 32.6 Å². The van der Waals surface area contributed by atoms with Gasteiger partial charge < -0.3 is 9.84 Å². The molecule has 0 saturated carbocycles. The largest absolute Gasteiger partial charge is 0.472 e. The van der Waals surface area contributed by atoms with E-state index in [1.807, 2.05) is 30.3 Å². The summed E-state index contributed by atoms with van der Waals surface area (Å²) < 4.78 is 51.0. The van der Waals surface area contributed by atoms with Crippen LogP contribution in [0.4, 0.5) is 4.39 Å². The normalized spacial score (nSPS) is 19.6. The fourth-order valence-corrected chi connectivity index (χ4v) is 6.25. The summed E-state index contributed by atoms with van der Waals surface area (Å²) >= 11 is 0. The maximum atomic E-state index is 14.4. The van der Waals surface area contributed by atoms with Crippen LogP contribution in [0.1, 0.15) is 49.0 Å². The van der Waals surface area contributed by atoms with Crippen LogP contribution in [0, 0.1) is 5.82 Å². The molecule has 0 bridgehead atoms. The molecule has 34 heavy (non-hydrogen) atoms. The fraction of sp³-hybridized carbons (Fsp3) is 0.308. The quantitative estimate of drug-likeness (QED) is 0.511. The molecule has 0 spiro atoms. The number of nitrogens with zero attached hydrogens (tertiary/aromatic N) is 2. The van der Waals surface area contributed by atoms with E-state index in [0.29, 0.717) is 11.1 Å². The van der Waals surface area contributed by atoms with Crippen molar-refractivity contribution in [2.75, 3.05) is 6.61 Å². The average Bonchev–Trinajstić information content (AvgIpc) is 2.79. The van der Waals surface area contributed by atoms with Gasteiger partial charge in [0.25, 0.3) is 10.0 Å². The van der Waals surface area contributed by atoms with E-state index in [1.54, 1.807) is 50.4 Å². The number of hydrogen-bond donors (Lipinski definition) is 1. The number of rotatable bonds is 7. The summed E-state index contributed by atoms with van der Waals surface area (Å²) in [5, 5.41) is 8.49. The van der Waals surface area contributed by atoms with Gasteiger partial charge in [0.1, 0.15) is 16.7 Å². The van der Waals surface area contributed by atoms with Crippen molar-refractivity contribution in [2.45, 2.75) is 43.5 Å². The number of aliphatic hydroxyl groups is 1. The average molecular weight is 483 g/mol. The summed E-state index contributed by atoms with van der Waals surface area (Å²) in [7, 11) is -3.97. The zero-order chi connectivity index (χ0) is 24.3. The Kier molecular flexibility index (Phi) is 6.81. The maximum Gasteiger partial charge on any atom is 0.267 e. The number of pyridine rings is 1. The number of sulfonamides is 1. The first kappa shape index (κ1) is 24.0. The highest BCUT2D eigenvalue weighted by molar-refractivity contribution is 7.90. The van der Waals surface area contributed by atoms with Gasteiger partial charge in [0.2, 0.25) is 5.90 Å². The van der Waals surface area contributed by atoms with E-state index in [0.717, 1.165) is 11.3 Å². The summed E-state index contributed by atoms with van der Waals surface area (Å²) in [6, 6.07) is 19.0. The number of ether oxygens (including phenoxy) is 1. The molecule has 2 heterocycles. The molecule has 1 unspecified atom stereocenters. The molecule has 2 aromatic carbocycles. The Balaban J connectivity index is 1.63. The smallest absolute Gasteiger partial charge is 0.267 e. The lowest BCUT2D eigenvalue weighted by Crippen LogP contribution is -2.43. The van der Waals surface area contributed by atoms with Crippen LogP contribution in [0.2, 0.25) is 0 Å². The molecule has 0 saturated heterocycles. The van der Waals surface area contributed by atoms with E-state index in [-0.39, 0.29) is 25.3 Å². The lowest BCUT2D eigenvalue weighted by atomic mass is 9.91. The van der Waals surface area contributed by atoms with Crippen molar-refractivity contribution >= 4 is 15.9 Å². The zero-order valence-corrected chi connectivity index (χ0v) is 19.9. The van der Waals surface area contributed by atoms with Crippen LogP contribution in [0.25, 0.3) is 11.3 Å². The second-order valence-corrected chi connectivity index (χ2v) is 10.5. The van der Waals surface area contributed by atoms with Crippen LogP contribution in [-0.4, -0.2) is 36.6 Å². The predicted octanol–water partition coefficient (Wildman–Crippen LogP) is 5.02. The van der Waals surface area contributed by atoms with Gasteiger partial charge in [-0.25, -0.2) is 12.8 Å². The number of halogens is 1. The van der Waals surface area contributed by atoms with Crippen molar-refractivity contribution in [1.82, 2.24) is 4.98 Å². The molecule has 0 amide bonds. The Labute approximate surface area is 199 Å². The first-order valence-electron chi connectivity index (χ1n) is 11.1. The molecule has 178 valence electrons. The van der Waals surface area contributed by atoms with E-state index in [4.69, 9.17) is 4.74 Å². The van der Waals surface area contributed by atoms with Crippen molar-refractivity contribution < 1.29 is 22.7 Å². The first-order valence-corrected chi connectivity index (χ1v) is 12.6. The van der Waals surface area contributed by atoms with Gasteiger partial charge in [-0.05, 0) is 55.5 Å². The van der Waals surface area contributed by atoms with Gasteiger partial charge in [0, 0.05) is 24.8 Å². The van der Waals surface area contributed by atoms with Crippen LogP contribution >= 0.6 is 0 Å². The van der Waals surface area contributed by atoms with Gasteiger partial charge in [-0.1, -0.05) is 48.5 Å². The highest BCUT2D eigenvalue weighted by atomic mass is 32.2. The minimum absolute atomic E-state index is 0.0214. The first-order chi connectivity index (χ1) is 16.2. The molecule has 1 N–H and O–H groups in total. The third-order valence-corrected chi connectivity index (χ3v) is 7.85. The third kappa shape index (κ3) is 5.03. The Morgan fingerprint density at radius 1 is 1.06 bits per heavy atom. The van der Waals surface area contributed by atoms with Crippen molar-refractivity contribution in [2.24, 2.45) is 4.40 Å². The lowest BCUT2D eigenvalue weighted by molar-refractivity contribution is 0.0797. The molecule has 8 heteroatoms. The van der Waals surface area contributed by atoms with E-state index in [1.165, 1.54) is 6.07 Å². The summed E-state index contributed by atoms with van der Waals surface area (Å²) in [5.41, 5.74) is 1.51. The predicted molar refractivity (Wildman–Crippen MR) is 129 cm³/mol. The molecule has 4 rings (SSSR count). The van der Waals surface area contributed by atoms with Gasteiger partial charge in [-0.3, -0.25) is 4.98 Å². The molecule has 0 fully saturated rings. The summed E-state index contributed by atoms with van der Waals surface area (Å²) in [6.07, 6.45) is 2.02. The molecular weight excluding hydrogens is 455 g/mol. The van der Waals surface area contributed by atoms with E-state index in [2.05, 4.69) is 9.38 Å². The summed E-state index contributed by atoms with van der Waals surface area (Å²) in [5.74, 6) is -0.858. The highest BCUT2D eigenvalue weighted by Gasteiger charge is 2.47. The summed E-state index contributed by atoms with van der Waals surface area (Å²) in [6.45, 7) is 3.25. The molecule has 1 aliphatic rings. The Bertz CT molecular complexity index is 1280. The number of aliphatic hydroxyl groups excluding tert-OH is 1. The van der Waals surface area contributed by atoms with Crippen LogP contribution in [0.5, 0.6) is 0 Å². The molecule has 0 aliphatic carbocycles. The van der Waals surface area contributed by atoms with Gasteiger partial charge >= 0.3 is 0 Å². The van der Waals surface area contributed by atoms with E-state index >= 15 is 0 Å². The standard InChI is InChI=1S/C26H27FN2O4S/c1-26(2)25(19-12-10-18(11-13-19)23-9-5-6-15-28-23)34(31,32)29-24(33-26)17-20(14-16-30)21-7-3-4-8-22(21)27/h3-13,15,20,25,30H,14,16-17H2,1-2H3/t20-,25?/m1/s1. The van der Waals surface area contributed by atoms with Gasteiger partial charge in [-0.15, -0.1) is 4.40 Å². The molecule has 0 radical (unpaired) electrons. The lowest BCUT2D eigenvalue weighted by Gasteiger charge is -2.38. The van der Waals surface area contributed by atoms with Crippen molar-refractivity contribution in [1.29, 1.82) is 0 Å². The fourth-order valence-electron chi connectivity index (χ4n) is 4.48. The van der Waals surface area contributed by atoms with Crippen molar-refractivity contribution in [3.8, 4) is 11.3 Å². The van der Waals surface area contributed by atoms with Gasteiger partial charge in [0.15, 0.2) is 0 Å². The highest BCUT2D eigenvalue weighted by Crippen LogP contribution is 2.42. The monoisotopic (exact) mass is 482 g/mol. The number of hydrogen-bond acceptors (Lipinski definition) is 5. The van der Waals surface area contributed by atoms with Crippen LogP contribution in [0.3, 0.4) is 0 Å². The maximum absolute atomic E-state index is 14.4. The molecular formula is C26H27FN2O4S. The number of aromatic nitrogens is 1.